The van der Waals surface area contributed by atoms with Crippen LogP contribution in [0.4, 0.5) is 4.39 Å². The van der Waals surface area contributed by atoms with Crippen molar-refractivity contribution >= 4 is 0 Å². The Labute approximate surface area is 120 Å². The maximum absolute atomic E-state index is 13.6. The van der Waals surface area contributed by atoms with E-state index in [4.69, 9.17) is 5.73 Å². The number of benzene rings is 2. The first kappa shape index (κ1) is 14.7. The van der Waals surface area contributed by atoms with Gasteiger partial charge in [-0.1, -0.05) is 42.5 Å². The molecule has 2 rings (SSSR count). The van der Waals surface area contributed by atoms with Crippen LogP contribution in [0.1, 0.15) is 22.7 Å². The number of rotatable bonds is 5. The Morgan fingerprint density at radius 3 is 2.45 bits per heavy atom. The Balaban J connectivity index is 2.00. The van der Waals surface area contributed by atoms with Crippen LogP contribution in [0.2, 0.25) is 0 Å². The van der Waals surface area contributed by atoms with Gasteiger partial charge in [-0.05, 0) is 31.2 Å². The van der Waals surface area contributed by atoms with Crippen molar-refractivity contribution in [1.29, 1.82) is 0 Å². The molecule has 0 aliphatic carbocycles. The Morgan fingerprint density at radius 1 is 1.10 bits per heavy atom. The highest BCUT2D eigenvalue weighted by atomic mass is 19.1. The molecule has 2 aromatic carbocycles. The van der Waals surface area contributed by atoms with Gasteiger partial charge in [0, 0.05) is 24.7 Å². The van der Waals surface area contributed by atoms with Gasteiger partial charge >= 0.3 is 0 Å². The summed E-state index contributed by atoms with van der Waals surface area (Å²) in [6.07, 6.45) is 0. The van der Waals surface area contributed by atoms with E-state index in [-0.39, 0.29) is 11.9 Å². The lowest BCUT2D eigenvalue weighted by atomic mass is 10.0. The lowest BCUT2D eigenvalue weighted by Gasteiger charge is -2.23. The van der Waals surface area contributed by atoms with Crippen molar-refractivity contribution in [2.75, 3.05) is 13.6 Å². The molecule has 1 unspecified atom stereocenters. The summed E-state index contributed by atoms with van der Waals surface area (Å²) in [6, 6.07) is 14.9. The SMILES string of the molecule is Cc1ccccc1C(N)CN(C)Cc1ccccc1F. The summed E-state index contributed by atoms with van der Waals surface area (Å²) < 4.78 is 13.6. The van der Waals surface area contributed by atoms with Gasteiger partial charge in [-0.3, -0.25) is 0 Å². The summed E-state index contributed by atoms with van der Waals surface area (Å²) in [5.41, 5.74) is 9.29. The monoisotopic (exact) mass is 272 g/mol. The molecule has 0 radical (unpaired) electrons. The number of aryl methyl sites for hydroxylation is 1. The molecule has 0 saturated heterocycles. The van der Waals surface area contributed by atoms with Crippen LogP contribution in [0.15, 0.2) is 48.5 Å². The fourth-order valence-corrected chi connectivity index (χ4v) is 2.42. The summed E-state index contributed by atoms with van der Waals surface area (Å²) in [7, 11) is 1.96. The molecular formula is C17H21FN2. The molecule has 0 bridgehead atoms. The Bertz CT molecular complexity index is 568. The average molecular weight is 272 g/mol. The second kappa shape index (κ2) is 6.64. The summed E-state index contributed by atoms with van der Waals surface area (Å²) >= 11 is 0. The van der Waals surface area contributed by atoms with Crippen molar-refractivity contribution < 1.29 is 4.39 Å². The third-order valence-electron chi connectivity index (χ3n) is 3.49. The highest BCUT2D eigenvalue weighted by Gasteiger charge is 2.12. The molecule has 1 atom stereocenters. The Morgan fingerprint density at radius 2 is 1.75 bits per heavy atom. The topological polar surface area (TPSA) is 29.3 Å². The molecule has 0 fully saturated rings. The van der Waals surface area contributed by atoms with Crippen LogP contribution in [-0.2, 0) is 6.54 Å². The normalized spacial score (nSPS) is 12.7. The summed E-state index contributed by atoms with van der Waals surface area (Å²) in [6.45, 7) is 3.32. The predicted molar refractivity (Wildman–Crippen MR) is 80.8 cm³/mol. The van der Waals surface area contributed by atoms with E-state index in [1.54, 1.807) is 6.07 Å². The molecule has 0 aliphatic rings. The molecule has 2 nitrogen and oxygen atoms in total. The zero-order valence-corrected chi connectivity index (χ0v) is 12.0. The van der Waals surface area contributed by atoms with E-state index >= 15 is 0 Å². The van der Waals surface area contributed by atoms with Crippen LogP contribution in [0, 0.1) is 12.7 Å². The second-order valence-electron chi connectivity index (χ2n) is 5.25. The fraction of sp³-hybridized carbons (Fsp3) is 0.294. The average Bonchev–Trinajstić information content (AvgIpc) is 2.41. The van der Waals surface area contributed by atoms with Crippen LogP contribution in [0.3, 0.4) is 0 Å². The van der Waals surface area contributed by atoms with Gasteiger partial charge in [0.1, 0.15) is 5.82 Å². The minimum atomic E-state index is -0.163. The lowest BCUT2D eigenvalue weighted by Crippen LogP contribution is -2.29. The van der Waals surface area contributed by atoms with Crippen molar-refractivity contribution in [3.8, 4) is 0 Å². The number of halogens is 1. The molecule has 0 heterocycles. The maximum Gasteiger partial charge on any atom is 0.127 e. The molecule has 0 saturated carbocycles. The molecule has 0 amide bonds. The first-order valence-electron chi connectivity index (χ1n) is 6.81. The number of hydrogen-bond acceptors (Lipinski definition) is 2. The largest absolute Gasteiger partial charge is 0.323 e. The molecule has 106 valence electrons. The third-order valence-corrected chi connectivity index (χ3v) is 3.49. The molecule has 3 heteroatoms. The van der Waals surface area contributed by atoms with E-state index in [2.05, 4.69) is 24.0 Å². The van der Waals surface area contributed by atoms with Crippen molar-refractivity contribution in [1.82, 2.24) is 4.90 Å². The highest BCUT2D eigenvalue weighted by Crippen LogP contribution is 2.17. The van der Waals surface area contributed by atoms with E-state index in [0.29, 0.717) is 18.7 Å². The molecular weight excluding hydrogens is 251 g/mol. The van der Waals surface area contributed by atoms with Gasteiger partial charge in [-0.15, -0.1) is 0 Å². The van der Waals surface area contributed by atoms with Crippen molar-refractivity contribution in [3.63, 3.8) is 0 Å². The van der Waals surface area contributed by atoms with Gasteiger partial charge in [0.15, 0.2) is 0 Å². The van der Waals surface area contributed by atoms with E-state index in [1.165, 1.54) is 11.6 Å². The fourth-order valence-electron chi connectivity index (χ4n) is 2.42. The van der Waals surface area contributed by atoms with E-state index in [0.717, 1.165) is 5.56 Å². The molecule has 2 aromatic rings. The Hall–Kier alpha value is -1.71. The maximum atomic E-state index is 13.6. The number of nitrogens with zero attached hydrogens (tertiary/aromatic N) is 1. The third kappa shape index (κ3) is 3.65. The van der Waals surface area contributed by atoms with Gasteiger partial charge in [-0.25, -0.2) is 4.39 Å². The van der Waals surface area contributed by atoms with Gasteiger partial charge in [0.05, 0.1) is 0 Å². The van der Waals surface area contributed by atoms with Crippen LogP contribution in [0.25, 0.3) is 0 Å². The van der Waals surface area contributed by atoms with E-state index in [9.17, 15) is 4.39 Å². The standard InChI is InChI=1S/C17H21FN2/c1-13-7-3-5-9-15(13)17(19)12-20(2)11-14-8-4-6-10-16(14)18/h3-10,17H,11-12,19H2,1-2H3. The number of hydrogen-bond donors (Lipinski definition) is 1. The van der Waals surface area contributed by atoms with Crippen LogP contribution in [-0.4, -0.2) is 18.5 Å². The first-order chi connectivity index (χ1) is 9.58. The summed E-state index contributed by atoms with van der Waals surface area (Å²) in [5.74, 6) is -0.163. The molecule has 0 spiro atoms. The zero-order valence-electron chi connectivity index (χ0n) is 12.0. The van der Waals surface area contributed by atoms with Crippen molar-refractivity contribution in [2.24, 2.45) is 5.73 Å². The Kier molecular flexibility index (Phi) is 4.88. The molecule has 20 heavy (non-hydrogen) atoms. The molecule has 2 N–H and O–H groups in total. The number of likely N-dealkylation sites (N-methyl/N-ethyl adjacent to an activating group) is 1. The predicted octanol–water partition coefficient (Wildman–Crippen LogP) is 3.27. The van der Waals surface area contributed by atoms with Gasteiger partial charge in [-0.2, -0.15) is 0 Å². The zero-order chi connectivity index (χ0) is 14.5. The van der Waals surface area contributed by atoms with Crippen LogP contribution < -0.4 is 5.73 Å². The second-order valence-corrected chi connectivity index (χ2v) is 5.25. The van der Waals surface area contributed by atoms with Gasteiger partial charge in [0.25, 0.3) is 0 Å². The minimum absolute atomic E-state index is 0.0621. The van der Waals surface area contributed by atoms with Crippen molar-refractivity contribution in [2.45, 2.75) is 19.5 Å². The quantitative estimate of drug-likeness (QED) is 0.905. The lowest BCUT2D eigenvalue weighted by molar-refractivity contribution is 0.300. The van der Waals surface area contributed by atoms with Gasteiger partial charge < -0.3 is 10.6 Å². The molecule has 0 aliphatic heterocycles. The first-order valence-corrected chi connectivity index (χ1v) is 6.81. The van der Waals surface area contributed by atoms with Gasteiger partial charge in [0.2, 0.25) is 0 Å². The summed E-state index contributed by atoms with van der Waals surface area (Å²) in [4.78, 5) is 2.05. The van der Waals surface area contributed by atoms with Crippen molar-refractivity contribution in [3.05, 3.63) is 71.0 Å². The number of nitrogens with two attached hydrogens (primary N) is 1. The van der Waals surface area contributed by atoms with Crippen LogP contribution in [0.5, 0.6) is 0 Å². The van der Waals surface area contributed by atoms with E-state index in [1.807, 2.05) is 31.3 Å². The smallest absolute Gasteiger partial charge is 0.127 e. The highest BCUT2D eigenvalue weighted by molar-refractivity contribution is 5.28. The van der Waals surface area contributed by atoms with Crippen LogP contribution >= 0.6 is 0 Å². The molecule has 0 aromatic heterocycles. The summed E-state index contributed by atoms with van der Waals surface area (Å²) in [5, 5.41) is 0. The minimum Gasteiger partial charge on any atom is -0.323 e. The van der Waals surface area contributed by atoms with E-state index < -0.39 is 0 Å².